The number of nitrogens with two attached hydrogens (primary N) is 1. The van der Waals surface area contributed by atoms with Crippen LogP contribution in [0.15, 0.2) is 23.3 Å². The van der Waals surface area contributed by atoms with Gasteiger partial charge in [-0.1, -0.05) is 26.7 Å². The van der Waals surface area contributed by atoms with Gasteiger partial charge in [-0.15, -0.1) is 0 Å². The van der Waals surface area contributed by atoms with Crippen LogP contribution in [0.2, 0.25) is 0 Å². The predicted molar refractivity (Wildman–Crippen MR) is 92.4 cm³/mol. The largest absolute Gasteiger partial charge is 0.468 e. The molecular weight excluding hydrogens is 333 g/mol. The van der Waals surface area contributed by atoms with E-state index in [1.54, 1.807) is 6.07 Å². The monoisotopic (exact) mass is 360 g/mol. The summed E-state index contributed by atoms with van der Waals surface area (Å²) in [5.74, 6) is 0.906. The van der Waals surface area contributed by atoms with E-state index in [9.17, 15) is 13.2 Å². The van der Waals surface area contributed by atoms with Gasteiger partial charge < -0.3 is 15.8 Å². The average Bonchev–Trinajstić information content (AvgIpc) is 2.50. The van der Waals surface area contributed by atoms with E-state index in [-0.39, 0.29) is 18.5 Å². The minimum Gasteiger partial charge on any atom is -0.468 e. The Bertz CT molecular complexity index is 547. The van der Waals surface area contributed by atoms with E-state index >= 15 is 0 Å². The van der Waals surface area contributed by atoms with E-state index < -0.39 is 12.8 Å². The molecule has 0 aliphatic carbocycles. The summed E-state index contributed by atoms with van der Waals surface area (Å²) in [6, 6.07) is 3.29. The molecule has 142 valence electrons. The highest BCUT2D eigenvalue weighted by Crippen LogP contribution is 2.17. The second-order valence-electron chi connectivity index (χ2n) is 6.48. The zero-order valence-corrected chi connectivity index (χ0v) is 14.9. The van der Waals surface area contributed by atoms with Crippen LogP contribution in [0, 0.1) is 5.92 Å². The van der Waals surface area contributed by atoms with Crippen molar-refractivity contribution >= 4 is 5.96 Å². The van der Waals surface area contributed by atoms with Crippen molar-refractivity contribution in [1.82, 2.24) is 10.3 Å². The van der Waals surface area contributed by atoms with Crippen LogP contribution in [0.25, 0.3) is 0 Å². The molecule has 8 heteroatoms. The highest BCUT2D eigenvalue weighted by Gasteiger charge is 2.28. The zero-order valence-electron chi connectivity index (χ0n) is 14.9. The number of guanidine groups is 1. The van der Waals surface area contributed by atoms with Crippen molar-refractivity contribution in [2.24, 2.45) is 16.6 Å². The third-order valence-corrected chi connectivity index (χ3v) is 3.43. The normalized spacial score (nSPS) is 13.8. The van der Waals surface area contributed by atoms with Crippen molar-refractivity contribution in [1.29, 1.82) is 0 Å². The maximum Gasteiger partial charge on any atom is 0.422 e. The summed E-state index contributed by atoms with van der Waals surface area (Å²) in [6.07, 6.45) is 0.272. The molecular formula is C17H27F3N4O. The van der Waals surface area contributed by atoms with Crippen LogP contribution in [-0.2, 0) is 6.54 Å². The number of hydrogen-bond donors (Lipinski definition) is 2. The van der Waals surface area contributed by atoms with Crippen LogP contribution in [0.1, 0.15) is 45.6 Å². The molecule has 0 spiro atoms. The molecule has 1 heterocycles. The molecule has 25 heavy (non-hydrogen) atoms. The summed E-state index contributed by atoms with van der Waals surface area (Å²) >= 11 is 0. The highest BCUT2D eigenvalue weighted by atomic mass is 19.4. The summed E-state index contributed by atoms with van der Waals surface area (Å²) in [5, 5.41) is 3.12. The summed E-state index contributed by atoms with van der Waals surface area (Å²) in [7, 11) is 0. The Morgan fingerprint density at radius 3 is 2.68 bits per heavy atom. The number of nitrogens with one attached hydrogen (secondary N) is 1. The van der Waals surface area contributed by atoms with E-state index in [1.807, 2.05) is 6.92 Å². The molecule has 3 N–H and O–H groups in total. The molecule has 1 unspecified atom stereocenters. The van der Waals surface area contributed by atoms with Gasteiger partial charge in [0.2, 0.25) is 5.88 Å². The van der Waals surface area contributed by atoms with E-state index in [1.165, 1.54) is 18.7 Å². The van der Waals surface area contributed by atoms with Gasteiger partial charge in [0.25, 0.3) is 0 Å². The number of nitrogens with zero attached hydrogens (tertiary/aromatic N) is 2. The van der Waals surface area contributed by atoms with Gasteiger partial charge in [-0.2, -0.15) is 13.2 Å². The summed E-state index contributed by atoms with van der Waals surface area (Å²) < 4.78 is 41.1. The number of rotatable bonds is 9. The van der Waals surface area contributed by atoms with Crippen LogP contribution < -0.4 is 15.8 Å². The minimum absolute atomic E-state index is 0.0846. The van der Waals surface area contributed by atoms with E-state index in [0.717, 1.165) is 12.8 Å². The SMILES string of the molecule is CC(C)CCCC(C)NC(N)=NCc1ccnc(OCC(F)(F)F)c1. The lowest BCUT2D eigenvalue weighted by atomic mass is 10.0. The van der Waals surface area contributed by atoms with Crippen LogP contribution >= 0.6 is 0 Å². The van der Waals surface area contributed by atoms with E-state index in [2.05, 4.69) is 33.9 Å². The van der Waals surface area contributed by atoms with Crippen LogP contribution in [0.3, 0.4) is 0 Å². The molecule has 0 amide bonds. The minimum atomic E-state index is -4.39. The summed E-state index contributed by atoms with van der Waals surface area (Å²) in [4.78, 5) is 7.95. The molecule has 0 aromatic carbocycles. The first-order valence-corrected chi connectivity index (χ1v) is 8.36. The fraction of sp³-hybridized carbons (Fsp3) is 0.647. The van der Waals surface area contributed by atoms with Crippen molar-refractivity contribution in [2.75, 3.05) is 6.61 Å². The number of halogens is 3. The second-order valence-corrected chi connectivity index (χ2v) is 6.48. The summed E-state index contributed by atoms with van der Waals surface area (Å²) in [5.41, 5.74) is 6.52. The molecule has 0 aliphatic heterocycles. The Morgan fingerprint density at radius 2 is 2.04 bits per heavy atom. The Labute approximate surface area is 146 Å². The molecule has 5 nitrogen and oxygen atoms in total. The van der Waals surface area contributed by atoms with Gasteiger partial charge in [0.1, 0.15) is 0 Å². The first-order valence-electron chi connectivity index (χ1n) is 8.36. The Balaban J connectivity index is 2.45. The lowest BCUT2D eigenvalue weighted by Gasteiger charge is -2.15. The molecule has 1 aromatic rings. The van der Waals surface area contributed by atoms with Crippen molar-refractivity contribution < 1.29 is 17.9 Å². The predicted octanol–water partition coefficient (Wildman–Crippen LogP) is 3.64. The fourth-order valence-electron chi connectivity index (χ4n) is 2.16. The van der Waals surface area contributed by atoms with Gasteiger partial charge >= 0.3 is 6.18 Å². The van der Waals surface area contributed by atoms with Gasteiger partial charge in [0.05, 0.1) is 6.54 Å². The quantitative estimate of drug-likeness (QED) is 0.521. The third-order valence-electron chi connectivity index (χ3n) is 3.43. The Kier molecular flexibility index (Phi) is 8.51. The van der Waals surface area contributed by atoms with Gasteiger partial charge in [-0.25, -0.2) is 9.98 Å². The molecule has 0 radical (unpaired) electrons. The number of hydrogen-bond acceptors (Lipinski definition) is 3. The second kappa shape index (κ2) is 10.1. The number of aliphatic imine (C=N–C) groups is 1. The van der Waals surface area contributed by atoms with Crippen molar-refractivity contribution in [3.63, 3.8) is 0 Å². The van der Waals surface area contributed by atoms with E-state index in [0.29, 0.717) is 17.4 Å². The van der Waals surface area contributed by atoms with Crippen LogP contribution in [0.4, 0.5) is 13.2 Å². The number of ether oxygens (including phenoxy) is 1. The lowest BCUT2D eigenvalue weighted by Crippen LogP contribution is -2.38. The first kappa shape index (κ1) is 21.1. The van der Waals surface area contributed by atoms with Crippen molar-refractivity contribution in [2.45, 2.75) is 58.8 Å². The molecule has 1 rings (SSSR count). The van der Waals surface area contributed by atoms with Crippen molar-refractivity contribution in [3.8, 4) is 5.88 Å². The summed E-state index contributed by atoms with van der Waals surface area (Å²) in [6.45, 7) is 5.29. The number of pyridine rings is 1. The van der Waals surface area contributed by atoms with Crippen molar-refractivity contribution in [3.05, 3.63) is 23.9 Å². The lowest BCUT2D eigenvalue weighted by molar-refractivity contribution is -0.154. The fourth-order valence-corrected chi connectivity index (χ4v) is 2.16. The van der Waals surface area contributed by atoms with Gasteiger partial charge in [0.15, 0.2) is 12.6 Å². The smallest absolute Gasteiger partial charge is 0.422 e. The molecule has 0 saturated heterocycles. The van der Waals surface area contributed by atoms with Crippen LogP contribution in [0.5, 0.6) is 5.88 Å². The molecule has 0 bridgehead atoms. The number of aromatic nitrogens is 1. The van der Waals surface area contributed by atoms with Gasteiger partial charge in [0, 0.05) is 18.3 Å². The standard InChI is InChI=1S/C17H27F3N4O/c1-12(2)5-4-6-13(3)24-16(21)23-10-14-7-8-22-15(9-14)25-11-17(18,19)20/h7-9,12-13H,4-6,10-11H2,1-3H3,(H3,21,23,24). The van der Waals surface area contributed by atoms with Gasteiger partial charge in [-0.05, 0) is 30.9 Å². The zero-order chi connectivity index (χ0) is 18.9. The maximum atomic E-state index is 12.2. The van der Waals surface area contributed by atoms with Crippen LogP contribution in [-0.4, -0.2) is 29.8 Å². The Hall–Kier alpha value is -1.99. The van der Waals surface area contributed by atoms with Gasteiger partial charge in [-0.3, -0.25) is 0 Å². The highest BCUT2D eigenvalue weighted by molar-refractivity contribution is 5.78. The molecule has 1 atom stereocenters. The molecule has 1 aromatic heterocycles. The topological polar surface area (TPSA) is 72.5 Å². The van der Waals surface area contributed by atoms with E-state index in [4.69, 9.17) is 5.73 Å². The average molecular weight is 360 g/mol. The third kappa shape index (κ3) is 10.5. The Morgan fingerprint density at radius 1 is 1.32 bits per heavy atom. The number of alkyl halides is 3. The molecule has 0 aliphatic rings. The molecule has 0 fully saturated rings. The molecule has 0 saturated carbocycles. The first-order chi connectivity index (χ1) is 11.7. The maximum absolute atomic E-state index is 12.2.